The van der Waals surface area contributed by atoms with E-state index in [-0.39, 0.29) is 17.9 Å². The van der Waals surface area contributed by atoms with E-state index in [9.17, 15) is 4.79 Å². The summed E-state index contributed by atoms with van der Waals surface area (Å²) < 4.78 is 0. The molecule has 0 aromatic carbocycles. The van der Waals surface area contributed by atoms with Crippen molar-refractivity contribution in [2.75, 3.05) is 13.1 Å². The van der Waals surface area contributed by atoms with Crippen molar-refractivity contribution in [1.29, 1.82) is 0 Å². The molecule has 1 atom stereocenters. The van der Waals surface area contributed by atoms with E-state index < -0.39 is 0 Å². The van der Waals surface area contributed by atoms with Gasteiger partial charge in [-0.15, -0.1) is 0 Å². The van der Waals surface area contributed by atoms with Gasteiger partial charge in [0.25, 0.3) is 0 Å². The summed E-state index contributed by atoms with van der Waals surface area (Å²) in [5, 5.41) is 0. The smallest absolute Gasteiger partial charge is 0.239 e. The molecule has 20 heavy (non-hydrogen) atoms. The van der Waals surface area contributed by atoms with Crippen molar-refractivity contribution in [3.05, 3.63) is 0 Å². The number of nitrogens with zero attached hydrogens (tertiary/aromatic N) is 1. The van der Waals surface area contributed by atoms with Crippen LogP contribution in [0.3, 0.4) is 0 Å². The van der Waals surface area contributed by atoms with Crippen molar-refractivity contribution in [3.8, 4) is 0 Å². The van der Waals surface area contributed by atoms with Crippen molar-refractivity contribution in [2.24, 2.45) is 11.7 Å². The molecule has 2 N–H and O–H groups in total. The predicted molar refractivity (Wildman–Crippen MR) is 87.7 cm³/mol. The highest BCUT2D eigenvalue weighted by Gasteiger charge is 2.22. The van der Waals surface area contributed by atoms with E-state index in [0.717, 1.165) is 25.9 Å². The zero-order valence-corrected chi connectivity index (χ0v) is 14.2. The number of carbonyl (C=O) groups is 1. The Hall–Kier alpha value is -0.570. The van der Waals surface area contributed by atoms with Crippen molar-refractivity contribution in [3.63, 3.8) is 0 Å². The lowest BCUT2D eigenvalue weighted by Crippen LogP contribution is -2.47. The number of carbonyl (C=O) groups excluding carboxylic acids is 1. The third kappa shape index (κ3) is 8.57. The second kappa shape index (κ2) is 12.2. The summed E-state index contributed by atoms with van der Waals surface area (Å²) in [6.07, 6.45) is 9.63. The minimum absolute atomic E-state index is 0.146. The maximum Gasteiger partial charge on any atom is 0.239 e. The van der Waals surface area contributed by atoms with Gasteiger partial charge in [-0.2, -0.15) is 0 Å². The fraction of sp³-hybridized carbons (Fsp3) is 0.941. The average molecular weight is 284 g/mol. The molecule has 0 bridgehead atoms. The molecular formula is C17H36N2O. The Morgan fingerprint density at radius 3 is 1.70 bits per heavy atom. The summed E-state index contributed by atoms with van der Waals surface area (Å²) in [5.74, 6) is 0.365. The standard InChI is InChI=1S/C17H36N2O/c1-5-7-9-11-13-19(14-12-10-8-6-2)17(20)16(18)15(3)4/h15-16H,5-14,18H2,1-4H3. The quantitative estimate of drug-likeness (QED) is 0.551. The van der Waals surface area contributed by atoms with Crippen molar-refractivity contribution in [2.45, 2.75) is 85.1 Å². The van der Waals surface area contributed by atoms with E-state index in [1.54, 1.807) is 0 Å². The fourth-order valence-corrected chi connectivity index (χ4v) is 2.29. The van der Waals surface area contributed by atoms with Gasteiger partial charge in [-0.1, -0.05) is 66.2 Å². The van der Waals surface area contributed by atoms with E-state index in [2.05, 4.69) is 13.8 Å². The summed E-state index contributed by atoms with van der Waals surface area (Å²) in [5.41, 5.74) is 6.03. The summed E-state index contributed by atoms with van der Waals surface area (Å²) >= 11 is 0. The third-order valence-corrected chi connectivity index (χ3v) is 3.88. The molecule has 0 aliphatic rings. The normalized spacial score (nSPS) is 12.7. The van der Waals surface area contributed by atoms with Crippen LogP contribution in [0.15, 0.2) is 0 Å². The van der Waals surface area contributed by atoms with Gasteiger partial charge in [0.1, 0.15) is 0 Å². The zero-order valence-electron chi connectivity index (χ0n) is 14.2. The van der Waals surface area contributed by atoms with Gasteiger partial charge in [-0.3, -0.25) is 4.79 Å². The van der Waals surface area contributed by atoms with E-state index in [1.807, 2.05) is 18.7 Å². The van der Waals surface area contributed by atoms with E-state index in [0.29, 0.717) is 0 Å². The minimum atomic E-state index is -0.340. The molecule has 120 valence electrons. The predicted octanol–water partition coefficient (Wildman–Crippen LogP) is 3.96. The molecule has 0 aromatic rings. The molecule has 0 fully saturated rings. The number of amides is 1. The Morgan fingerprint density at radius 2 is 1.35 bits per heavy atom. The van der Waals surface area contributed by atoms with Crippen LogP contribution in [0, 0.1) is 5.92 Å². The van der Waals surface area contributed by atoms with Crippen LogP contribution in [-0.4, -0.2) is 29.9 Å². The Morgan fingerprint density at radius 1 is 0.900 bits per heavy atom. The Kier molecular flexibility index (Phi) is 11.8. The molecule has 0 saturated heterocycles. The van der Waals surface area contributed by atoms with Crippen LogP contribution < -0.4 is 5.73 Å². The number of hydrogen-bond donors (Lipinski definition) is 1. The molecule has 3 heteroatoms. The largest absolute Gasteiger partial charge is 0.341 e. The highest BCUT2D eigenvalue weighted by molar-refractivity contribution is 5.81. The van der Waals surface area contributed by atoms with Crippen LogP contribution in [0.5, 0.6) is 0 Å². The zero-order chi connectivity index (χ0) is 15.4. The second-order valence-electron chi connectivity index (χ2n) is 6.22. The second-order valence-corrected chi connectivity index (χ2v) is 6.22. The van der Waals surface area contributed by atoms with Crippen LogP contribution in [-0.2, 0) is 4.79 Å². The minimum Gasteiger partial charge on any atom is -0.341 e. The SMILES string of the molecule is CCCCCCN(CCCCCC)C(=O)C(N)C(C)C. The van der Waals surface area contributed by atoms with Crippen LogP contribution in [0.25, 0.3) is 0 Å². The Labute approximate surface area is 126 Å². The lowest BCUT2D eigenvalue weighted by molar-refractivity contribution is -0.133. The molecule has 3 nitrogen and oxygen atoms in total. The average Bonchev–Trinajstić information content (AvgIpc) is 2.44. The van der Waals surface area contributed by atoms with E-state index in [4.69, 9.17) is 5.73 Å². The fourth-order valence-electron chi connectivity index (χ4n) is 2.29. The lowest BCUT2D eigenvalue weighted by atomic mass is 10.0. The first-order valence-corrected chi connectivity index (χ1v) is 8.58. The first-order valence-electron chi connectivity index (χ1n) is 8.58. The molecule has 0 spiro atoms. The first kappa shape index (κ1) is 19.4. The lowest BCUT2D eigenvalue weighted by Gasteiger charge is -2.27. The topological polar surface area (TPSA) is 46.3 Å². The molecular weight excluding hydrogens is 248 g/mol. The summed E-state index contributed by atoms with van der Waals surface area (Å²) in [6.45, 7) is 10.2. The third-order valence-electron chi connectivity index (χ3n) is 3.88. The van der Waals surface area contributed by atoms with E-state index >= 15 is 0 Å². The number of nitrogens with two attached hydrogens (primary N) is 1. The van der Waals surface area contributed by atoms with Crippen LogP contribution in [0.2, 0.25) is 0 Å². The van der Waals surface area contributed by atoms with Gasteiger partial charge < -0.3 is 10.6 Å². The van der Waals surface area contributed by atoms with Gasteiger partial charge >= 0.3 is 0 Å². The number of rotatable bonds is 12. The highest BCUT2D eigenvalue weighted by Crippen LogP contribution is 2.09. The maximum atomic E-state index is 12.4. The molecule has 0 rings (SSSR count). The van der Waals surface area contributed by atoms with Crippen molar-refractivity contribution < 1.29 is 4.79 Å². The highest BCUT2D eigenvalue weighted by atomic mass is 16.2. The molecule has 0 heterocycles. The van der Waals surface area contributed by atoms with Gasteiger partial charge in [0, 0.05) is 13.1 Å². The molecule has 0 aliphatic carbocycles. The summed E-state index contributed by atoms with van der Waals surface area (Å²) in [4.78, 5) is 14.4. The molecule has 1 unspecified atom stereocenters. The monoisotopic (exact) mass is 284 g/mol. The van der Waals surface area contributed by atoms with Crippen LogP contribution >= 0.6 is 0 Å². The van der Waals surface area contributed by atoms with Gasteiger partial charge in [0.2, 0.25) is 5.91 Å². The molecule has 0 aromatic heterocycles. The molecule has 0 saturated carbocycles. The van der Waals surface area contributed by atoms with Gasteiger partial charge in [0.15, 0.2) is 0 Å². The maximum absolute atomic E-state index is 12.4. The molecule has 0 radical (unpaired) electrons. The Bertz CT molecular complexity index is 229. The van der Waals surface area contributed by atoms with Gasteiger partial charge in [0.05, 0.1) is 6.04 Å². The first-order chi connectivity index (χ1) is 9.54. The summed E-state index contributed by atoms with van der Waals surface area (Å²) in [6, 6.07) is -0.340. The number of hydrogen-bond acceptors (Lipinski definition) is 2. The van der Waals surface area contributed by atoms with Crippen molar-refractivity contribution >= 4 is 5.91 Å². The molecule has 0 aliphatic heterocycles. The van der Waals surface area contributed by atoms with Crippen molar-refractivity contribution in [1.82, 2.24) is 4.90 Å². The number of unbranched alkanes of at least 4 members (excludes halogenated alkanes) is 6. The Balaban J connectivity index is 4.25. The van der Waals surface area contributed by atoms with Crippen LogP contribution in [0.1, 0.15) is 79.1 Å². The van der Waals surface area contributed by atoms with Gasteiger partial charge in [-0.05, 0) is 18.8 Å². The van der Waals surface area contributed by atoms with E-state index in [1.165, 1.54) is 38.5 Å². The molecule has 1 amide bonds. The van der Waals surface area contributed by atoms with Gasteiger partial charge in [-0.25, -0.2) is 0 Å². The van der Waals surface area contributed by atoms with Crippen LogP contribution in [0.4, 0.5) is 0 Å². The summed E-state index contributed by atoms with van der Waals surface area (Å²) in [7, 11) is 0.